The van der Waals surface area contributed by atoms with Gasteiger partial charge in [0.1, 0.15) is 0 Å². The second-order valence-corrected chi connectivity index (χ2v) is 4.40. The predicted molar refractivity (Wildman–Crippen MR) is 78.4 cm³/mol. The highest BCUT2D eigenvalue weighted by Gasteiger charge is 2.11. The quantitative estimate of drug-likeness (QED) is 0.594. The Labute approximate surface area is 119 Å². The van der Waals surface area contributed by atoms with Crippen molar-refractivity contribution in [3.8, 4) is 0 Å². The van der Waals surface area contributed by atoms with Crippen molar-refractivity contribution in [1.82, 2.24) is 4.90 Å². The summed E-state index contributed by atoms with van der Waals surface area (Å²) in [5.41, 5.74) is 7.26. The molecule has 112 valence electrons. The molecule has 0 atom stereocenters. The van der Waals surface area contributed by atoms with Crippen LogP contribution >= 0.6 is 0 Å². The molecule has 6 nitrogen and oxygen atoms in total. The number of carbonyl (C=O) groups is 1. The number of hydrogen-bond acceptors (Lipinski definition) is 5. The van der Waals surface area contributed by atoms with E-state index in [1.54, 1.807) is 7.11 Å². The Morgan fingerprint density at radius 3 is 2.80 bits per heavy atom. The minimum absolute atomic E-state index is 0.0103. The summed E-state index contributed by atoms with van der Waals surface area (Å²) in [6.07, 6.45) is 0. The van der Waals surface area contributed by atoms with E-state index in [1.807, 2.05) is 29.2 Å². The summed E-state index contributed by atoms with van der Waals surface area (Å²) in [4.78, 5) is 13.9. The molecule has 20 heavy (non-hydrogen) atoms. The van der Waals surface area contributed by atoms with Gasteiger partial charge >= 0.3 is 0 Å². The third-order valence-corrected chi connectivity index (χ3v) is 2.91. The lowest BCUT2D eigenvalue weighted by atomic mass is 10.2. The Bertz CT molecular complexity index is 412. The molecule has 0 saturated carbocycles. The van der Waals surface area contributed by atoms with Gasteiger partial charge in [-0.3, -0.25) is 9.69 Å². The van der Waals surface area contributed by atoms with Crippen molar-refractivity contribution in [3.63, 3.8) is 0 Å². The van der Waals surface area contributed by atoms with Crippen LogP contribution in [-0.2, 0) is 16.1 Å². The number of aliphatic hydroxyl groups is 1. The second kappa shape index (κ2) is 9.44. The molecule has 0 aromatic heterocycles. The predicted octanol–water partition coefficient (Wildman–Crippen LogP) is 0.0245. The molecule has 1 amide bonds. The molecule has 0 aliphatic heterocycles. The molecule has 0 aliphatic rings. The minimum atomic E-state index is -0.129. The number of ether oxygens (including phenoxy) is 1. The number of hydrogen-bond donors (Lipinski definition) is 3. The van der Waals surface area contributed by atoms with Crippen LogP contribution < -0.4 is 11.1 Å². The fourth-order valence-electron chi connectivity index (χ4n) is 1.84. The van der Waals surface area contributed by atoms with Crippen molar-refractivity contribution in [2.75, 3.05) is 45.3 Å². The van der Waals surface area contributed by atoms with E-state index in [9.17, 15) is 4.79 Å². The van der Waals surface area contributed by atoms with Gasteiger partial charge in [-0.15, -0.1) is 0 Å². The topological polar surface area (TPSA) is 87.8 Å². The van der Waals surface area contributed by atoms with Gasteiger partial charge in [0.2, 0.25) is 5.91 Å². The van der Waals surface area contributed by atoms with Crippen LogP contribution in [0.4, 0.5) is 5.69 Å². The number of carbonyl (C=O) groups excluding carboxylic acids is 1. The van der Waals surface area contributed by atoms with Gasteiger partial charge in [-0.2, -0.15) is 0 Å². The average Bonchev–Trinajstić information content (AvgIpc) is 2.45. The van der Waals surface area contributed by atoms with Crippen LogP contribution in [0.15, 0.2) is 24.3 Å². The number of rotatable bonds is 9. The number of aliphatic hydroxyl groups excluding tert-OH is 1. The lowest BCUT2D eigenvalue weighted by molar-refractivity contribution is -0.117. The van der Waals surface area contributed by atoms with Crippen LogP contribution in [0.5, 0.6) is 0 Å². The molecule has 0 heterocycles. The molecule has 0 saturated heterocycles. The van der Waals surface area contributed by atoms with E-state index in [4.69, 9.17) is 15.6 Å². The second-order valence-electron chi connectivity index (χ2n) is 4.40. The number of nitrogens with one attached hydrogen (secondary N) is 1. The first kappa shape index (κ1) is 16.6. The summed E-state index contributed by atoms with van der Waals surface area (Å²) in [7, 11) is 1.61. The summed E-state index contributed by atoms with van der Waals surface area (Å²) in [5.74, 6) is -0.129. The van der Waals surface area contributed by atoms with E-state index in [0.29, 0.717) is 26.2 Å². The summed E-state index contributed by atoms with van der Waals surface area (Å²) < 4.78 is 4.98. The molecular weight excluding hydrogens is 258 g/mol. The molecular formula is C14H23N3O3. The molecule has 1 aromatic rings. The standard InChI is InChI=1S/C14H23N3O3/c1-20-9-7-17(6-8-18)11-14(19)16-13-5-3-2-4-12(13)10-15/h2-5,18H,6-11,15H2,1H3,(H,16,19). The normalized spacial score (nSPS) is 10.8. The van der Waals surface area contributed by atoms with Gasteiger partial charge in [0, 0.05) is 32.4 Å². The highest BCUT2D eigenvalue weighted by Crippen LogP contribution is 2.13. The monoisotopic (exact) mass is 281 g/mol. The van der Waals surface area contributed by atoms with Crippen LogP contribution in [0.2, 0.25) is 0 Å². The number of nitrogens with zero attached hydrogens (tertiary/aromatic N) is 1. The molecule has 0 spiro atoms. The van der Waals surface area contributed by atoms with Crippen LogP contribution in [0, 0.1) is 0 Å². The lowest BCUT2D eigenvalue weighted by Crippen LogP contribution is -2.37. The van der Waals surface area contributed by atoms with E-state index >= 15 is 0 Å². The van der Waals surface area contributed by atoms with Crippen molar-refractivity contribution in [3.05, 3.63) is 29.8 Å². The van der Waals surface area contributed by atoms with Gasteiger partial charge in [-0.25, -0.2) is 0 Å². The van der Waals surface area contributed by atoms with E-state index in [0.717, 1.165) is 11.3 Å². The van der Waals surface area contributed by atoms with Gasteiger partial charge in [-0.05, 0) is 11.6 Å². The Morgan fingerprint density at radius 1 is 1.40 bits per heavy atom. The Morgan fingerprint density at radius 2 is 2.15 bits per heavy atom. The molecule has 0 aliphatic carbocycles. The van der Waals surface area contributed by atoms with Crippen molar-refractivity contribution in [1.29, 1.82) is 0 Å². The molecule has 1 aromatic carbocycles. The number of amides is 1. The Balaban J connectivity index is 2.56. The van der Waals surface area contributed by atoms with E-state index in [-0.39, 0.29) is 19.1 Å². The highest BCUT2D eigenvalue weighted by molar-refractivity contribution is 5.92. The van der Waals surface area contributed by atoms with E-state index < -0.39 is 0 Å². The molecule has 0 unspecified atom stereocenters. The Kier molecular flexibility index (Phi) is 7.82. The maximum absolute atomic E-state index is 12.0. The molecule has 4 N–H and O–H groups in total. The summed E-state index contributed by atoms with van der Waals surface area (Å²) in [6, 6.07) is 7.44. The van der Waals surface area contributed by atoms with Crippen molar-refractivity contribution in [2.24, 2.45) is 5.73 Å². The third-order valence-electron chi connectivity index (χ3n) is 2.91. The first-order valence-corrected chi connectivity index (χ1v) is 6.61. The Hall–Kier alpha value is -1.47. The zero-order chi connectivity index (χ0) is 14.8. The summed E-state index contributed by atoms with van der Waals surface area (Å²) >= 11 is 0. The molecule has 6 heteroatoms. The van der Waals surface area contributed by atoms with Crippen molar-refractivity contribution < 1.29 is 14.6 Å². The fourth-order valence-corrected chi connectivity index (χ4v) is 1.84. The van der Waals surface area contributed by atoms with E-state index in [2.05, 4.69) is 5.32 Å². The molecule has 0 fully saturated rings. The van der Waals surface area contributed by atoms with Crippen LogP contribution in [0.3, 0.4) is 0 Å². The van der Waals surface area contributed by atoms with Crippen molar-refractivity contribution in [2.45, 2.75) is 6.54 Å². The average molecular weight is 281 g/mol. The maximum atomic E-state index is 12.0. The third kappa shape index (κ3) is 5.66. The first-order chi connectivity index (χ1) is 9.71. The number of anilines is 1. The molecule has 0 radical (unpaired) electrons. The SMILES string of the molecule is COCCN(CCO)CC(=O)Nc1ccccc1CN. The summed E-state index contributed by atoms with van der Waals surface area (Å²) in [5, 5.41) is 11.8. The molecule has 0 bridgehead atoms. The lowest BCUT2D eigenvalue weighted by Gasteiger charge is -2.20. The number of methoxy groups -OCH3 is 1. The fraction of sp³-hybridized carbons (Fsp3) is 0.500. The minimum Gasteiger partial charge on any atom is -0.395 e. The molecule has 1 rings (SSSR count). The smallest absolute Gasteiger partial charge is 0.238 e. The number of nitrogens with two attached hydrogens (primary N) is 1. The zero-order valence-electron chi connectivity index (χ0n) is 11.8. The summed E-state index contributed by atoms with van der Waals surface area (Å²) in [6.45, 7) is 2.16. The van der Waals surface area contributed by atoms with Crippen LogP contribution in [0.1, 0.15) is 5.56 Å². The van der Waals surface area contributed by atoms with Crippen LogP contribution in [-0.4, -0.2) is 55.9 Å². The number of para-hydroxylation sites is 1. The van der Waals surface area contributed by atoms with Gasteiger partial charge in [0.15, 0.2) is 0 Å². The first-order valence-electron chi connectivity index (χ1n) is 6.61. The van der Waals surface area contributed by atoms with Gasteiger partial charge in [-0.1, -0.05) is 18.2 Å². The van der Waals surface area contributed by atoms with Gasteiger partial charge in [0.05, 0.1) is 19.8 Å². The van der Waals surface area contributed by atoms with Gasteiger partial charge in [0.25, 0.3) is 0 Å². The number of benzene rings is 1. The maximum Gasteiger partial charge on any atom is 0.238 e. The van der Waals surface area contributed by atoms with Crippen LogP contribution in [0.25, 0.3) is 0 Å². The van der Waals surface area contributed by atoms with E-state index in [1.165, 1.54) is 0 Å². The highest BCUT2D eigenvalue weighted by atomic mass is 16.5. The zero-order valence-corrected chi connectivity index (χ0v) is 11.8. The largest absolute Gasteiger partial charge is 0.395 e. The van der Waals surface area contributed by atoms with Crippen molar-refractivity contribution >= 4 is 11.6 Å². The van der Waals surface area contributed by atoms with Gasteiger partial charge < -0.3 is 20.9 Å².